The number of rotatable bonds is 12. The topological polar surface area (TPSA) is 100.0 Å². The summed E-state index contributed by atoms with van der Waals surface area (Å²) in [6, 6.07) is 19.1. The molecule has 234 valence electrons. The number of Topliss-reactive ketones (excluding diaryl/α,β-unsaturated/α-hetero) is 1. The molecule has 13 heteroatoms. The number of nitrogens with zero attached hydrogens (tertiary/aromatic N) is 4. The number of carbonyl (C=O) groups is 1. The second-order valence-corrected chi connectivity index (χ2v) is 11.5. The molecule has 0 radical (unpaired) electrons. The summed E-state index contributed by atoms with van der Waals surface area (Å²) in [5.74, 6) is -0.682. The SMILES string of the molecule is N#Cc1ccc(Cn2cncc2CC(=O)[C@@H](CCN)CN(Cc2cccc(Cl)c2Cl)C(=S)Nc2cccc(C(F)(F)F)c2)cc1. The minimum absolute atomic E-state index is 0.0700. The van der Waals surface area contributed by atoms with Gasteiger partial charge in [-0.05, 0) is 72.7 Å². The van der Waals surface area contributed by atoms with Crippen LogP contribution in [0, 0.1) is 17.2 Å². The van der Waals surface area contributed by atoms with E-state index in [4.69, 9.17) is 46.4 Å². The van der Waals surface area contributed by atoms with E-state index in [1.807, 2.05) is 16.7 Å². The Morgan fingerprint density at radius 1 is 1.13 bits per heavy atom. The maximum atomic E-state index is 13.7. The summed E-state index contributed by atoms with van der Waals surface area (Å²) in [7, 11) is 0. The van der Waals surface area contributed by atoms with E-state index in [-0.39, 0.29) is 42.6 Å². The van der Waals surface area contributed by atoms with Crippen LogP contribution in [0.1, 0.15) is 34.4 Å². The molecule has 7 nitrogen and oxygen atoms in total. The zero-order chi connectivity index (χ0) is 32.6. The fourth-order valence-electron chi connectivity index (χ4n) is 4.73. The van der Waals surface area contributed by atoms with E-state index in [1.54, 1.807) is 47.8 Å². The van der Waals surface area contributed by atoms with Crippen molar-refractivity contribution in [2.45, 2.75) is 32.1 Å². The van der Waals surface area contributed by atoms with Crippen LogP contribution in [-0.2, 0) is 30.5 Å². The van der Waals surface area contributed by atoms with Crippen molar-refractivity contribution in [3.8, 4) is 6.07 Å². The smallest absolute Gasteiger partial charge is 0.344 e. The van der Waals surface area contributed by atoms with Crippen molar-refractivity contribution >= 4 is 52.0 Å². The highest BCUT2D eigenvalue weighted by atomic mass is 35.5. The van der Waals surface area contributed by atoms with Gasteiger partial charge in [0.15, 0.2) is 5.11 Å². The molecular formula is C32H29Cl2F3N6OS. The van der Waals surface area contributed by atoms with Crippen molar-refractivity contribution in [3.05, 3.63) is 117 Å². The number of halogens is 5. The maximum Gasteiger partial charge on any atom is 0.416 e. The maximum absolute atomic E-state index is 13.7. The molecule has 45 heavy (non-hydrogen) atoms. The predicted octanol–water partition coefficient (Wildman–Crippen LogP) is 7.10. The van der Waals surface area contributed by atoms with Gasteiger partial charge in [0.05, 0.1) is 33.6 Å². The number of nitrogens with one attached hydrogen (secondary N) is 1. The van der Waals surface area contributed by atoms with Gasteiger partial charge < -0.3 is 20.5 Å². The zero-order valence-electron chi connectivity index (χ0n) is 23.9. The lowest BCUT2D eigenvalue weighted by atomic mass is 9.95. The van der Waals surface area contributed by atoms with Gasteiger partial charge in [0.25, 0.3) is 0 Å². The summed E-state index contributed by atoms with van der Waals surface area (Å²) < 4.78 is 41.9. The molecule has 1 heterocycles. The summed E-state index contributed by atoms with van der Waals surface area (Å²) in [5.41, 5.74) is 8.05. The van der Waals surface area contributed by atoms with Crippen molar-refractivity contribution in [3.63, 3.8) is 0 Å². The molecule has 0 saturated heterocycles. The van der Waals surface area contributed by atoms with E-state index in [0.717, 1.165) is 17.7 Å². The van der Waals surface area contributed by atoms with Crippen molar-refractivity contribution in [2.24, 2.45) is 11.7 Å². The predicted molar refractivity (Wildman–Crippen MR) is 173 cm³/mol. The normalized spacial score (nSPS) is 11.9. The zero-order valence-corrected chi connectivity index (χ0v) is 26.2. The van der Waals surface area contributed by atoms with Gasteiger partial charge in [-0.15, -0.1) is 0 Å². The average molecular weight is 674 g/mol. The van der Waals surface area contributed by atoms with Crippen LogP contribution in [0.3, 0.4) is 0 Å². The lowest BCUT2D eigenvalue weighted by molar-refractivity contribution is -0.137. The molecular weight excluding hydrogens is 644 g/mol. The lowest BCUT2D eigenvalue weighted by Gasteiger charge is -2.30. The Hall–Kier alpha value is -3.95. The first kappa shape index (κ1) is 33.9. The van der Waals surface area contributed by atoms with Gasteiger partial charge in [-0.2, -0.15) is 18.4 Å². The van der Waals surface area contributed by atoms with Crippen molar-refractivity contribution in [2.75, 3.05) is 18.4 Å². The Morgan fingerprint density at radius 2 is 1.87 bits per heavy atom. The molecule has 0 bridgehead atoms. The number of imidazole rings is 1. The number of ketones is 1. The Bertz CT molecular complexity index is 1690. The number of nitrogens with two attached hydrogens (primary N) is 1. The van der Waals surface area contributed by atoms with E-state index in [9.17, 15) is 18.0 Å². The number of hydrogen-bond acceptors (Lipinski definition) is 5. The fourth-order valence-corrected chi connectivity index (χ4v) is 5.37. The third kappa shape index (κ3) is 9.28. The largest absolute Gasteiger partial charge is 0.416 e. The summed E-state index contributed by atoms with van der Waals surface area (Å²) in [5, 5.41) is 12.7. The van der Waals surface area contributed by atoms with Gasteiger partial charge in [-0.3, -0.25) is 4.79 Å². The standard InChI is InChI=1S/C32H29Cl2F3N6OS/c33-28-6-1-3-24(30(28)34)19-42(31(45)41-26-5-2-4-25(13-26)32(35,36)37)18-23(11-12-38)29(44)14-27-16-40-20-43(27)17-22-9-7-21(15-39)8-10-22/h1-10,13,16,20,23H,11-12,14,17-19,38H2,(H,41,45)/t23-/m0/s1. The number of hydrogen-bond donors (Lipinski definition) is 2. The molecule has 1 aromatic heterocycles. The van der Waals surface area contributed by atoms with Crippen LogP contribution >= 0.6 is 35.4 Å². The first-order chi connectivity index (χ1) is 21.5. The molecule has 4 rings (SSSR count). The number of aromatic nitrogens is 2. The number of alkyl halides is 3. The number of benzene rings is 3. The van der Waals surface area contributed by atoms with Crippen molar-refractivity contribution < 1.29 is 18.0 Å². The molecule has 0 aliphatic heterocycles. The molecule has 0 unspecified atom stereocenters. The van der Waals surface area contributed by atoms with Crippen molar-refractivity contribution in [1.29, 1.82) is 5.26 Å². The number of anilines is 1. The molecule has 4 aromatic rings. The second kappa shape index (κ2) is 15.4. The quantitative estimate of drug-likeness (QED) is 0.155. The van der Waals surface area contributed by atoms with Crippen LogP contribution in [0.15, 0.2) is 79.3 Å². The average Bonchev–Trinajstić information content (AvgIpc) is 3.44. The number of nitriles is 1. The van der Waals surface area contributed by atoms with E-state index < -0.39 is 17.7 Å². The summed E-state index contributed by atoms with van der Waals surface area (Å²) >= 11 is 18.4. The molecule has 3 aromatic carbocycles. The van der Waals surface area contributed by atoms with Crippen LogP contribution in [0.5, 0.6) is 0 Å². The van der Waals surface area contributed by atoms with Crippen LogP contribution in [0.2, 0.25) is 10.0 Å². The Kier molecular flexibility index (Phi) is 11.6. The van der Waals surface area contributed by atoms with Gasteiger partial charge >= 0.3 is 6.18 Å². The van der Waals surface area contributed by atoms with Crippen LogP contribution in [0.25, 0.3) is 0 Å². The molecule has 0 saturated carbocycles. The van der Waals surface area contributed by atoms with E-state index >= 15 is 0 Å². The molecule has 0 aliphatic carbocycles. The molecule has 3 N–H and O–H groups in total. The van der Waals surface area contributed by atoms with Crippen LogP contribution in [0.4, 0.5) is 18.9 Å². The highest BCUT2D eigenvalue weighted by Gasteiger charge is 2.31. The summed E-state index contributed by atoms with van der Waals surface area (Å²) in [6.45, 7) is 0.934. The first-order valence-electron chi connectivity index (χ1n) is 13.9. The molecule has 1 atom stereocenters. The van der Waals surface area contributed by atoms with Gasteiger partial charge in [0.2, 0.25) is 0 Å². The highest BCUT2D eigenvalue weighted by molar-refractivity contribution is 7.80. The van der Waals surface area contributed by atoms with Crippen molar-refractivity contribution in [1.82, 2.24) is 14.5 Å². The Labute approximate surface area is 274 Å². The van der Waals surface area contributed by atoms with E-state index in [1.165, 1.54) is 12.1 Å². The molecule has 0 aliphatic rings. The van der Waals surface area contributed by atoms with Gasteiger partial charge in [-0.25, -0.2) is 4.98 Å². The first-order valence-corrected chi connectivity index (χ1v) is 15.0. The molecule has 0 fully saturated rings. The minimum Gasteiger partial charge on any atom is -0.344 e. The van der Waals surface area contributed by atoms with Gasteiger partial charge in [0, 0.05) is 49.6 Å². The Balaban J connectivity index is 1.56. The number of thiocarbonyl (C=S) groups is 1. The highest BCUT2D eigenvalue weighted by Crippen LogP contribution is 2.31. The van der Waals surface area contributed by atoms with E-state index in [0.29, 0.717) is 39.8 Å². The van der Waals surface area contributed by atoms with Crippen LogP contribution in [-0.4, -0.2) is 38.4 Å². The fraction of sp³-hybridized carbons (Fsp3) is 0.250. The van der Waals surface area contributed by atoms with Gasteiger partial charge in [0.1, 0.15) is 5.78 Å². The lowest BCUT2D eigenvalue weighted by Crippen LogP contribution is -2.41. The summed E-state index contributed by atoms with van der Waals surface area (Å²) in [4.78, 5) is 19.6. The third-order valence-corrected chi connectivity index (χ3v) is 8.34. The second-order valence-electron chi connectivity index (χ2n) is 10.3. The number of carbonyl (C=O) groups excluding carboxylic acids is 1. The van der Waals surface area contributed by atoms with E-state index in [2.05, 4.69) is 16.4 Å². The summed E-state index contributed by atoms with van der Waals surface area (Å²) in [6.07, 6.45) is -0.849. The monoisotopic (exact) mass is 672 g/mol. The molecule has 0 spiro atoms. The third-order valence-electron chi connectivity index (χ3n) is 7.12. The Morgan fingerprint density at radius 3 is 2.56 bits per heavy atom. The van der Waals surface area contributed by atoms with Gasteiger partial charge in [-0.1, -0.05) is 53.5 Å². The minimum atomic E-state index is -4.53. The van der Waals surface area contributed by atoms with Crippen LogP contribution < -0.4 is 11.1 Å². The molecule has 0 amide bonds.